The van der Waals surface area contributed by atoms with Crippen LogP contribution in [0.5, 0.6) is 0 Å². The number of anilines is 1. The molecule has 0 bridgehead atoms. The lowest BCUT2D eigenvalue weighted by Crippen LogP contribution is -2.24. The Bertz CT molecular complexity index is 681. The average Bonchev–Trinajstić information content (AvgIpc) is 2.89. The van der Waals surface area contributed by atoms with Gasteiger partial charge in [0.1, 0.15) is 11.3 Å². The molecule has 9 heteroatoms. The number of amides is 1. The van der Waals surface area contributed by atoms with Gasteiger partial charge in [-0.05, 0) is 12.1 Å². The Morgan fingerprint density at radius 1 is 1.52 bits per heavy atom. The van der Waals surface area contributed by atoms with Crippen LogP contribution in [0.15, 0.2) is 30.6 Å². The number of nitro benzene ring substituents is 1. The van der Waals surface area contributed by atoms with Gasteiger partial charge in [0.25, 0.3) is 5.91 Å². The first kappa shape index (κ1) is 14.5. The highest BCUT2D eigenvalue weighted by molar-refractivity contribution is 6.00. The zero-order valence-corrected chi connectivity index (χ0v) is 11.2. The Morgan fingerprint density at radius 3 is 2.86 bits per heavy atom. The molecule has 0 unspecified atom stereocenters. The van der Waals surface area contributed by atoms with Gasteiger partial charge in [-0.25, -0.2) is 0 Å². The number of aryl methyl sites for hydroxylation is 1. The summed E-state index contributed by atoms with van der Waals surface area (Å²) >= 11 is 0. The van der Waals surface area contributed by atoms with Crippen LogP contribution in [0.25, 0.3) is 0 Å². The quantitative estimate of drug-likeness (QED) is 0.419. The van der Waals surface area contributed by atoms with Gasteiger partial charge in [-0.2, -0.15) is 5.10 Å². The number of carbonyl (C=O) groups excluding carboxylic acids is 1. The Hall–Kier alpha value is -2.94. The molecular weight excluding hydrogens is 276 g/mol. The first-order valence-electron chi connectivity index (χ1n) is 6.02. The minimum absolute atomic E-state index is 0.0562. The van der Waals surface area contributed by atoms with E-state index < -0.39 is 10.8 Å². The lowest BCUT2D eigenvalue weighted by molar-refractivity contribution is -0.384. The van der Waals surface area contributed by atoms with E-state index in [2.05, 4.69) is 15.8 Å². The number of carbonyl (C=O) groups is 1. The largest absolute Gasteiger partial charge is 0.348 e. The molecule has 1 aromatic carbocycles. The van der Waals surface area contributed by atoms with Crippen molar-refractivity contribution in [2.24, 2.45) is 12.9 Å². The third-order valence-corrected chi connectivity index (χ3v) is 2.83. The lowest BCUT2D eigenvalue weighted by atomic mass is 10.1. The molecule has 1 aromatic heterocycles. The molecule has 0 radical (unpaired) electrons. The Morgan fingerprint density at radius 2 is 2.29 bits per heavy atom. The number of nitrogens with two attached hydrogens (primary N) is 1. The number of nitrogens with zero attached hydrogens (tertiary/aromatic N) is 3. The summed E-state index contributed by atoms with van der Waals surface area (Å²) < 4.78 is 1.60. The second-order valence-electron chi connectivity index (χ2n) is 4.31. The number of nitrogens with one attached hydrogen (secondary N) is 2. The first-order valence-corrected chi connectivity index (χ1v) is 6.02. The summed E-state index contributed by atoms with van der Waals surface area (Å²) in [6.45, 7) is 0.226. The summed E-state index contributed by atoms with van der Waals surface area (Å²) in [5.41, 5.74) is 2.67. The van der Waals surface area contributed by atoms with Crippen molar-refractivity contribution in [3.05, 3.63) is 51.8 Å². The van der Waals surface area contributed by atoms with E-state index in [1.165, 1.54) is 18.2 Å². The maximum atomic E-state index is 12.1. The summed E-state index contributed by atoms with van der Waals surface area (Å²) in [5.74, 6) is 4.67. The van der Waals surface area contributed by atoms with E-state index in [0.29, 0.717) is 0 Å². The van der Waals surface area contributed by atoms with E-state index in [1.54, 1.807) is 24.1 Å². The summed E-state index contributed by atoms with van der Waals surface area (Å²) in [6.07, 6.45) is 3.35. The number of para-hydroxylation sites is 1. The van der Waals surface area contributed by atoms with Gasteiger partial charge >= 0.3 is 5.69 Å². The second kappa shape index (κ2) is 6.01. The van der Waals surface area contributed by atoms with Crippen molar-refractivity contribution < 1.29 is 9.72 Å². The highest BCUT2D eigenvalue weighted by Crippen LogP contribution is 2.27. The van der Waals surface area contributed by atoms with Gasteiger partial charge in [0.2, 0.25) is 0 Å². The second-order valence-corrected chi connectivity index (χ2v) is 4.31. The van der Waals surface area contributed by atoms with Crippen LogP contribution in [0.3, 0.4) is 0 Å². The molecule has 9 nitrogen and oxygen atoms in total. The maximum absolute atomic E-state index is 12.1. The summed E-state index contributed by atoms with van der Waals surface area (Å²) in [7, 11) is 1.76. The van der Waals surface area contributed by atoms with Gasteiger partial charge in [-0.3, -0.25) is 25.4 Å². The van der Waals surface area contributed by atoms with E-state index in [0.717, 1.165) is 5.56 Å². The van der Waals surface area contributed by atoms with Gasteiger partial charge in [0.15, 0.2) is 0 Å². The Labute approximate surface area is 119 Å². The predicted octanol–water partition coefficient (Wildman–Crippen LogP) is 0.544. The lowest BCUT2D eigenvalue weighted by Gasteiger charge is -2.07. The van der Waals surface area contributed by atoms with Crippen LogP contribution in [-0.4, -0.2) is 20.6 Å². The minimum atomic E-state index is -0.645. The normalized spacial score (nSPS) is 10.2. The zero-order valence-electron chi connectivity index (χ0n) is 11.2. The molecule has 1 heterocycles. The summed E-state index contributed by atoms with van der Waals surface area (Å²) in [4.78, 5) is 22.6. The first-order chi connectivity index (χ1) is 10.0. The van der Waals surface area contributed by atoms with Gasteiger partial charge in [-0.1, -0.05) is 6.07 Å². The predicted molar refractivity (Wildman–Crippen MR) is 75.3 cm³/mol. The minimum Gasteiger partial charge on any atom is -0.348 e. The molecule has 0 saturated carbocycles. The van der Waals surface area contributed by atoms with Gasteiger partial charge in [0, 0.05) is 25.4 Å². The maximum Gasteiger partial charge on any atom is 0.306 e. The molecule has 2 aromatic rings. The molecule has 110 valence electrons. The Kier molecular flexibility index (Phi) is 4.14. The number of nitrogen functional groups attached to an aromatic ring is 1. The number of rotatable bonds is 5. The van der Waals surface area contributed by atoms with Crippen molar-refractivity contribution in [2.45, 2.75) is 6.54 Å². The fourth-order valence-electron chi connectivity index (χ4n) is 1.88. The van der Waals surface area contributed by atoms with Crippen LogP contribution in [-0.2, 0) is 13.6 Å². The molecule has 1 amide bonds. The molecule has 2 rings (SSSR count). The van der Waals surface area contributed by atoms with E-state index >= 15 is 0 Å². The van der Waals surface area contributed by atoms with Crippen molar-refractivity contribution in [1.82, 2.24) is 15.1 Å². The smallest absolute Gasteiger partial charge is 0.306 e. The standard InChI is InChI=1S/C12H14N6O3/c1-17-7-8(6-15-17)5-14-12(19)9-3-2-4-10(16-13)11(9)18(20)21/h2-4,6-7,16H,5,13H2,1H3,(H,14,19). The zero-order chi connectivity index (χ0) is 15.4. The monoisotopic (exact) mass is 290 g/mol. The Balaban J connectivity index is 2.20. The third kappa shape index (κ3) is 3.15. The topological polar surface area (TPSA) is 128 Å². The molecular formula is C12H14N6O3. The fourth-order valence-corrected chi connectivity index (χ4v) is 1.88. The van der Waals surface area contributed by atoms with Gasteiger partial charge < -0.3 is 10.7 Å². The highest BCUT2D eigenvalue weighted by atomic mass is 16.6. The number of nitro groups is 1. The average molecular weight is 290 g/mol. The molecule has 0 aliphatic rings. The van der Waals surface area contributed by atoms with E-state index in [1.807, 2.05) is 0 Å². The molecule has 0 aliphatic heterocycles. The van der Waals surface area contributed by atoms with E-state index in [-0.39, 0.29) is 23.5 Å². The number of hydrazine groups is 1. The molecule has 4 N–H and O–H groups in total. The van der Waals surface area contributed by atoms with Crippen molar-refractivity contribution >= 4 is 17.3 Å². The van der Waals surface area contributed by atoms with Crippen LogP contribution in [0, 0.1) is 10.1 Å². The molecule has 0 spiro atoms. The van der Waals surface area contributed by atoms with Crippen LogP contribution in [0.1, 0.15) is 15.9 Å². The van der Waals surface area contributed by atoms with Crippen molar-refractivity contribution in [3.8, 4) is 0 Å². The molecule has 0 aliphatic carbocycles. The van der Waals surface area contributed by atoms with Crippen LogP contribution >= 0.6 is 0 Å². The van der Waals surface area contributed by atoms with Crippen molar-refractivity contribution in [1.29, 1.82) is 0 Å². The molecule has 21 heavy (non-hydrogen) atoms. The number of benzene rings is 1. The van der Waals surface area contributed by atoms with E-state index in [9.17, 15) is 14.9 Å². The van der Waals surface area contributed by atoms with Crippen molar-refractivity contribution in [3.63, 3.8) is 0 Å². The highest BCUT2D eigenvalue weighted by Gasteiger charge is 2.23. The molecule has 0 atom stereocenters. The van der Waals surface area contributed by atoms with Crippen molar-refractivity contribution in [2.75, 3.05) is 5.43 Å². The SMILES string of the molecule is Cn1cc(CNC(=O)c2cccc(NN)c2[N+](=O)[O-])cn1. The van der Waals surface area contributed by atoms with Gasteiger partial charge in [-0.15, -0.1) is 0 Å². The third-order valence-electron chi connectivity index (χ3n) is 2.83. The van der Waals surface area contributed by atoms with E-state index in [4.69, 9.17) is 5.84 Å². The van der Waals surface area contributed by atoms with Crippen LogP contribution < -0.4 is 16.6 Å². The molecule has 0 fully saturated rings. The number of hydrogen-bond acceptors (Lipinski definition) is 6. The van der Waals surface area contributed by atoms with Crippen LogP contribution in [0.4, 0.5) is 11.4 Å². The summed E-state index contributed by atoms with van der Waals surface area (Å²) in [6, 6.07) is 4.31. The fraction of sp³-hybridized carbons (Fsp3) is 0.167. The number of hydrogen-bond donors (Lipinski definition) is 3. The summed E-state index contributed by atoms with van der Waals surface area (Å²) in [5, 5.41) is 17.7. The van der Waals surface area contributed by atoms with Crippen LogP contribution in [0.2, 0.25) is 0 Å². The van der Waals surface area contributed by atoms with Gasteiger partial charge in [0.05, 0.1) is 11.1 Å². The number of aromatic nitrogens is 2. The molecule has 0 saturated heterocycles.